The van der Waals surface area contributed by atoms with Gasteiger partial charge in [0.2, 0.25) is 0 Å². The first-order chi connectivity index (χ1) is 9.27. The summed E-state index contributed by atoms with van der Waals surface area (Å²) < 4.78 is -0.281. The summed E-state index contributed by atoms with van der Waals surface area (Å²) in [6.45, 7) is 0. The maximum absolute atomic E-state index is 12.5. The molecule has 1 aromatic rings. The first-order valence-corrected chi connectivity index (χ1v) is 7.73. The Kier molecular flexibility index (Phi) is 5.04. The number of rotatable bonds is 5. The summed E-state index contributed by atoms with van der Waals surface area (Å²) in [7, 11) is 0. The van der Waals surface area contributed by atoms with E-state index in [2.05, 4.69) is 18.2 Å². The van der Waals surface area contributed by atoms with E-state index in [9.17, 15) is 4.79 Å². The summed E-state index contributed by atoms with van der Waals surface area (Å²) in [5.74, 6) is 0.266. The number of benzene rings is 1. The fraction of sp³-hybridized carbons (Fsp3) is 0.500. The Morgan fingerprint density at radius 2 is 1.89 bits per heavy atom. The average molecular weight is 273 g/mol. The molecule has 1 aliphatic rings. The monoisotopic (exact) mass is 273 g/mol. The zero-order valence-corrected chi connectivity index (χ0v) is 11.9. The van der Waals surface area contributed by atoms with Crippen LogP contribution in [0.3, 0.4) is 0 Å². The van der Waals surface area contributed by atoms with Gasteiger partial charge in [0, 0.05) is 17.7 Å². The number of Topliss-reactive ketones (excluding diaryl/α,β-unsaturated/α-hetero) is 1. The van der Waals surface area contributed by atoms with Crippen molar-refractivity contribution in [2.24, 2.45) is 0 Å². The molecule has 1 aliphatic carbocycles. The molecule has 0 N–H and O–H groups in total. The van der Waals surface area contributed by atoms with Gasteiger partial charge in [-0.15, -0.1) is 11.8 Å². The molecule has 0 atom stereocenters. The number of carbonyl (C=O) groups is 1. The van der Waals surface area contributed by atoms with Crippen molar-refractivity contribution in [2.75, 3.05) is 0 Å². The molecule has 100 valence electrons. The van der Waals surface area contributed by atoms with Crippen LogP contribution in [0.25, 0.3) is 0 Å². The fourth-order valence-corrected chi connectivity index (χ4v) is 4.13. The molecule has 0 aromatic heterocycles. The van der Waals surface area contributed by atoms with Crippen LogP contribution in [0, 0.1) is 11.3 Å². The van der Waals surface area contributed by atoms with Gasteiger partial charge in [0.1, 0.15) is 5.78 Å². The Bertz CT molecular complexity index is 457. The normalized spacial score (nSPS) is 17.6. The second-order valence-electron chi connectivity index (χ2n) is 5.05. The van der Waals surface area contributed by atoms with Gasteiger partial charge in [0.25, 0.3) is 0 Å². The summed E-state index contributed by atoms with van der Waals surface area (Å²) in [6, 6.07) is 12.2. The predicted molar refractivity (Wildman–Crippen MR) is 78.0 cm³/mol. The Labute approximate surface area is 119 Å². The molecule has 0 unspecified atom stereocenters. The Balaban J connectivity index is 2.15. The molecule has 0 radical (unpaired) electrons. The van der Waals surface area contributed by atoms with Crippen molar-refractivity contribution < 1.29 is 4.79 Å². The molecule has 0 bridgehead atoms. The average Bonchev–Trinajstić information content (AvgIpc) is 2.46. The van der Waals surface area contributed by atoms with Crippen molar-refractivity contribution in [3.63, 3.8) is 0 Å². The van der Waals surface area contributed by atoms with Crippen molar-refractivity contribution in [2.45, 2.75) is 54.6 Å². The lowest BCUT2D eigenvalue weighted by Crippen LogP contribution is -2.37. The molecule has 0 spiro atoms. The van der Waals surface area contributed by atoms with Crippen molar-refractivity contribution in [1.82, 2.24) is 0 Å². The number of thioether (sulfide) groups is 1. The van der Waals surface area contributed by atoms with Crippen molar-refractivity contribution >= 4 is 17.5 Å². The molecule has 19 heavy (non-hydrogen) atoms. The third-order valence-electron chi connectivity index (χ3n) is 3.69. The van der Waals surface area contributed by atoms with E-state index in [1.54, 1.807) is 11.8 Å². The van der Waals surface area contributed by atoms with E-state index in [4.69, 9.17) is 5.26 Å². The van der Waals surface area contributed by atoms with Crippen LogP contribution in [0.5, 0.6) is 0 Å². The van der Waals surface area contributed by atoms with Gasteiger partial charge in [-0.3, -0.25) is 4.79 Å². The number of hydrogen-bond donors (Lipinski definition) is 0. The molecule has 1 saturated carbocycles. The van der Waals surface area contributed by atoms with Crippen LogP contribution in [0.2, 0.25) is 0 Å². The molecule has 0 heterocycles. The Morgan fingerprint density at radius 3 is 2.53 bits per heavy atom. The summed E-state index contributed by atoms with van der Waals surface area (Å²) in [6.07, 6.45) is 6.12. The highest BCUT2D eigenvalue weighted by molar-refractivity contribution is 8.01. The molecule has 1 aromatic carbocycles. The number of nitrogens with zero attached hydrogens (tertiary/aromatic N) is 1. The smallest absolute Gasteiger partial charge is 0.150 e. The molecule has 0 amide bonds. The van der Waals surface area contributed by atoms with Gasteiger partial charge in [-0.2, -0.15) is 5.26 Å². The summed E-state index contributed by atoms with van der Waals surface area (Å²) in [5.41, 5.74) is 0. The van der Waals surface area contributed by atoms with Crippen LogP contribution < -0.4 is 0 Å². The maximum atomic E-state index is 12.5. The van der Waals surface area contributed by atoms with Crippen LogP contribution >= 0.6 is 11.8 Å². The van der Waals surface area contributed by atoms with E-state index < -0.39 is 0 Å². The Morgan fingerprint density at radius 1 is 1.21 bits per heavy atom. The summed E-state index contributed by atoms with van der Waals surface area (Å²) >= 11 is 1.71. The molecule has 3 heteroatoms. The van der Waals surface area contributed by atoms with Crippen LogP contribution in [-0.4, -0.2) is 10.5 Å². The van der Waals surface area contributed by atoms with Gasteiger partial charge in [0.05, 0.1) is 10.8 Å². The quantitative estimate of drug-likeness (QED) is 0.800. The minimum absolute atomic E-state index is 0.266. The zero-order valence-electron chi connectivity index (χ0n) is 11.1. The van der Waals surface area contributed by atoms with Gasteiger partial charge < -0.3 is 0 Å². The van der Waals surface area contributed by atoms with Crippen molar-refractivity contribution in [3.8, 4) is 6.07 Å². The summed E-state index contributed by atoms with van der Waals surface area (Å²) in [4.78, 5) is 13.7. The molecular formula is C16H19NOS. The first kappa shape index (κ1) is 14.1. The van der Waals surface area contributed by atoms with Crippen LogP contribution in [0.4, 0.5) is 0 Å². The lowest BCUT2D eigenvalue weighted by molar-refractivity contribution is -0.122. The van der Waals surface area contributed by atoms with Crippen LogP contribution in [-0.2, 0) is 4.79 Å². The second kappa shape index (κ2) is 6.77. The highest BCUT2D eigenvalue weighted by atomic mass is 32.2. The van der Waals surface area contributed by atoms with Gasteiger partial charge in [0.15, 0.2) is 0 Å². The minimum atomic E-state index is -0.281. The molecule has 1 fully saturated rings. The van der Waals surface area contributed by atoms with Crippen LogP contribution in [0.1, 0.15) is 44.9 Å². The highest BCUT2D eigenvalue weighted by Gasteiger charge is 2.39. The number of nitriles is 1. The molecule has 0 aliphatic heterocycles. The molecule has 2 nitrogen and oxygen atoms in total. The lowest BCUT2D eigenvalue weighted by atomic mass is 9.84. The predicted octanol–water partition coefficient (Wildman–Crippen LogP) is 4.35. The van der Waals surface area contributed by atoms with E-state index in [0.717, 1.165) is 30.6 Å². The SMILES string of the molecule is N#CCCC(=O)C1(Sc2ccccc2)CCCCC1. The number of ketones is 1. The van der Waals surface area contributed by atoms with E-state index in [1.807, 2.05) is 18.2 Å². The van der Waals surface area contributed by atoms with Crippen molar-refractivity contribution in [3.05, 3.63) is 30.3 Å². The van der Waals surface area contributed by atoms with E-state index in [-0.39, 0.29) is 10.5 Å². The van der Waals surface area contributed by atoms with Gasteiger partial charge in [-0.1, -0.05) is 37.5 Å². The Hall–Kier alpha value is -1.27. The number of hydrogen-bond acceptors (Lipinski definition) is 3. The minimum Gasteiger partial charge on any atom is -0.298 e. The third-order valence-corrected chi connectivity index (χ3v) is 5.22. The van der Waals surface area contributed by atoms with Crippen molar-refractivity contribution in [1.29, 1.82) is 5.26 Å². The molecule has 2 rings (SSSR count). The highest BCUT2D eigenvalue weighted by Crippen LogP contribution is 2.45. The van der Waals surface area contributed by atoms with Gasteiger partial charge in [-0.25, -0.2) is 0 Å². The fourth-order valence-electron chi connectivity index (χ4n) is 2.67. The van der Waals surface area contributed by atoms with E-state index >= 15 is 0 Å². The molecular weight excluding hydrogens is 254 g/mol. The maximum Gasteiger partial charge on any atom is 0.150 e. The third kappa shape index (κ3) is 3.61. The second-order valence-corrected chi connectivity index (χ2v) is 6.51. The number of carbonyl (C=O) groups excluding carboxylic acids is 1. The van der Waals surface area contributed by atoms with Crippen LogP contribution in [0.15, 0.2) is 35.2 Å². The van der Waals surface area contributed by atoms with E-state index in [1.165, 1.54) is 6.42 Å². The topological polar surface area (TPSA) is 40.9 Å². The van der Waals surface area contributed by atoms with Gasteiger partial charge in [-0.05, 0) is 25.0 Å². The largest absolute Gasteiger partial charge is 0.298 e. The van der Waals surface area contributed by atoms with E-state index in [0.29, 0.717) is 12.8 Å². The van der Waals surface area contributed by atoms with Gasteiger partial charge >= 0.3 is 0 Å². The molecule has 0 saturated heterocycles. The summed E-state index contributed by atoms with van der Waals surface area (Å²) in [5, 5.41) is 8.68. The first-order valence-electron chi connectivity index (χ1n) is 6.91. The lowest BCUT2D eigenvalue weighted by Gasteiger charge is -2.35. The zero-order chi connectivity index (χ0) is 13.6. The standard InChI is InChI=1S/C16H19NOS/c17-13-7-10-15(18)16(11-5-2-6-12-16)19-14-8-3-1-4-9-14/h1,3-4,8-9H,2,5-7,10-12H2.